The van der Waals surface area contributed by atoms with Crippen LogP contribution in [0.1, 0.15) is 18.9 Å². The predicted molar refractivity (Wildman–Crippen MR) is 71.9 cm³/mol. The van der Waals surface area contributed by atoms with Crippen LogP contribution in [0.2, 0.25) is 0 Å². The zero-order valence-corrected chi connectivity index (χ0v) is 10.7. The molecule has 5 nitrogen and oxygen atoms in total. The summed E-state index contributed by atoms with van der Waals surface area (Å²) >= 11 is 0. The molecule has 100 valence electrons. The molecule has 1 aromatic rings. The molecule has 0 heterocycles. The fourth-order valence-electron chi connectivity index (χ4n) is 1.33. The maximum absolute atomic E-state index is 11.4. The summed E-state index contributed by atoms with van der Waals surface area (Å²) in [5.74, 6) is -1.10. The fraction of sp³-hybridized carbons (Fsp3) is 0.214. The van der Waals surface area contributed by atoms with Gasteiger partial charge in [0, 0.05) is 26.0 Å². The van der Waals surface area contributed by atoms with Crippen molar-refractivity contribution in [3.8, 4) is 0 Å². The molecule has 0 aliphatic carbocycles. The topological polar surface area (TPSA) is 75.3 Å². The van der Waals surface area contributed by atoms with Crippen LogP contribution in [0.5, 0.6) is 0 Å². The van der Waals surface area contributed by atoms with Crippen molar-refractivity contribution in [2.45, 2.75) is 13.3 Å². The number of carbonyl (C=O) groups is 3. The molecule has 0 unspecified atom stereocenters. The van der Waals surface area contributed by atoms with E-state index < -0.39 is 11.8 Å². The number of benzene rings is 1. The maximum atomic E-state index is 11.4. The summed E-state index contributed by atoms with van der Waals surface area (Å²) < 4.78 is 0. The van der Waals surface area contributed by atoms with Crippen molar-refractivity contribution in [1.82, 2.24) is 10.6 Å². The van der Waals surface area contributed by atoms with Gasteiger partial charge in [-0.05, 0) is 11.6 Å². The van der Waals surface area contributed by atoms with Gasteiger partial charge in [0.05, 0.1) is 0 Å². The summed E-state index contributed by atoms with van der Waals surface area (Å²) in [4.78, 5) is 33.3. The number of rotatable bonds is 5. The van der Waals surface area contributed by atoms with Crippen LogP contribution in [0.4, 0.5) is 0 Å². The van der Waals surface area contributed by atoms with Gasteiger partial charge >= 0.3 is 0 Å². The number of hydrogen-bond donors (Lipinski definition) is 2. The van der Waals surface area contributed by atoms with Crippen molar-refractivity contribution < 1.29 is 14.4 Å². The first kappa shape index (κ1) is 14.6. The van der Waals surface area contributed by atoms with Gasteiger partial charge in [0.25, 0.3) is 5.91 Å². The Morgan fingerprint density at radius 1 is 1.16 bits per heavy atom. The van der Waals surface area contributed by atoms with Crippen LogP contribution >= 0.6 is 0 Å². The van der Waals surface area contributed by atoms with Gasteiger partial charge in [-0.3, -0.25) is 19.7 Å². The summed E-state index contributed by atoms with van der Waals surface area (Å²) in [6.45, 7) is 1.59. The molecular formula is C14H16N2O3. The predicted octanol–water partition coefficient (Wildman–Crippen LogP) is 0.869. The number of nitrogens with one attached hydrogen (secondary N) is 2. The first-order chi connectivity index (χ1) is 9.08. The number of imide groups is 1. The Morgan fingerprint density at radius 2 is 1.84 bits per heavy atom. The first-order valence-electron chi connectivity index (χ1n) is 5.89. The van der Waals surface area contributed by atoms with E-state index in [1.165, 1.54) is 13.0 Å². The molecule has 0 aromatic heterocycles. The van der Waals surface area contributed by atoms with Crippen LogP contribution in [0.3, 0.4) is 0 Å². The Morgan fingerprint density at radius 3 is 2.47 bits per heavy atom. The second-order valence-electron chi connectivity index (χ2n) is 3.89. The molecule has 1 aromatic carbocycles. The van der Waals surface area contributed by atoms with Crippen molar-refractivity contribution >= 4 is 23.8 Å². The molecule has 1 rings (SSSR count). The molecule has 0 saturated heterocycles. The van der Waals surface area contributed by atoms with Gasteiger partial charge < -0.3 is 5.32 Å². The molecule has 0 radical (unpaired) electrons. The average Bonchev–Trinajstić information content (AvgIpc) is 2.37. The Balaban J connectivity index is 2.33. The molecule has 0 aliphatic rings. The third-order valence-corrected chi connectivity index (χ3v) is 2.22. The first-order valence-corrected chi connectivity index (χ1v) is 5.89. The Hall–Kier alpha value is -2.43. The van der Waals surface area contributed by atoms with E-state index in [0.717, 1.165) is 5.56 Å². The van der Waals surface area contributed by atoms with Crippen LogP contribution in [0.25, 0.3) is 6.08 Å². The highest BCUT2D eigenvalue weighted by atomic mass is 16.2. The van der Waals surface area contributed by atoms with E-state index in [9.17, 15) is 14.4 Å². The molecule has 0 atom stereocenters. The van der Waals surface area contributed by atoms with Crippen molar-refractivity contribution in [2.75, 3.05) is 6.54 Å². The highest BCUT2D eigenvalue weighted by Crippen LogP contribution is 2.00. The Bertz CT molecular complexity index is 481. The molecule has 2 N–H and O–H groups in total. The van der Waals surface area contributed by atoms with Gasteiger partial charge in [-0.2, -0.15) is 0 Å². The molecule has 0 spiro atoms. The zero-order valence-electron chi connectivity index (χ0n) is 10.7. The van der Waals surface area contributed by atoms with Gasteiger partial charge in [0.15, 0.2) is 0 Å². The van der Waals surface area contributed by atoms with E-state index in [1.54, 1.807) is 6.08 Å². The molecule has 19 heavy (non-hydrogen) atoms. The van der Waals surface area contributed by atoms with Crippen LogP contribution in [-0.4, -0.2) is 24.3 Å². The van der Waals surface area contributed by atoms with Gasteiger partial charge in [0.1, 0.15) is 0 Å². The lowest BCUT2D eigenvalue weighted by Crippen LogP contribution is -2.32. The number of amides is 3. The maximum Gasteiger partial charge on any atom is 0.250 e. The molecule has 0 aliphatic heterocycles. The minimum Gasteiger partial charge on any atom is -0.356 e. The molecule has 0 bridgehead atoms. The third kappa shape index (κ3) is 6.78. The van der Waals surface area contributed by atoms with E-state index in [2.05, 4.69) is 10.6 Å². The van der Waals surface area contributed by atoms with Crippen molar-refractivity contribution in [1.29, 1.82) is 0 Å². The molecular weight excluding hydrogens is 244 g/mol. The van der Waals surface area contributed by atoms with Crippen molar-refractivity contribution in [3.63, 3.8) is 0 Å². The second-order valence-corrected chi connectivity index (χ2v) is 3.89. The summed E-state index contributed by atoms with van der Waals surface area (Å²) in [5, 5.41) is 4.69. The van der Waals surface area contributed by atoms with Gasteiger partial charge in [-0.15, -0.1) is 0 Å². The summed E-state index contributed by atoms with van der Waals surface area (Å²) in [6.07, 6.45) is 2.99. The standard InChI is InChI=1S/C14H16N2O3/c1-11(17)15-10-9-14(19)16-13(18)8-7-12-5-3-2-4-6-12/h2-8H,9-10H2,1H3,(H,15,17)(H,16,18,19). The van der Waals surface area contributed by atoms with E-state index in [1.807, 2.05) is 30.3 Å². The number of hydrogen-bond acceptors (Lipinski definition) is 3. The van der Waals surface area contributed by atoms with Crippen LogP contribution < -0.4 is 10.6 Å². The van der Waals surface area contributed by atoms with E-state index in [0.29, 0.717) is 0 Å². The molecule has 5 heteroatoms. The minimum atomic E-state index is -0.475. The highest BCUT2D eigenvalue weighted by Gasteiger charge is 2.04. The summed E-state index contributed by atoms with van der Waals surface area (Å²) in [5.41, 5.74) is 0.878. The smallest absolute Gasteiger partial charge is 0.250 e. The second kappa shape index (κ2) is 7.81. The lowest BCUT2D eigenvalue weighted by Gasteiger charge is -2.02. The van der Waals surface area contributed by atoms with Gasteiger partial charge in [0.2, 0.25) is 11.8 Å². The lowest BCUT2D eigenvalue weighted by atomic mass is 10.2. The van der Waals surface area contributed by atoms with Crippen molar-refractivity contribution in [2.24, 2.45) is 0 Å². The van der Waals surface area contributed by atoms with Gasteiger partial charge in [-0.1, -0.05) is 30.3 Å². The van der Waals surface area contributed by atoms with Crippen molar-refractivity contribution in [3.05, 3.63) is 42.0 Å². The molecule has 0 fully saturated rings. The van der Waals surface area contributed by atoms with Gasteiger partial charge in [-0.25, -0.2) is 0 Å². The molecule has 3 amide bonds. The van der Waals surface area contributed by atoms with E-state index in [-0.39, 0.29) is 18.9 Å². The lowest BCUT2D eigenvalue weighted by molar-refractivity contribution is -0.127. The van der Waals surface area contributed by atoms with Crippen LogP contribution in [0.15, 0.2) is 36.4 Å². The Labute approximate surface area is 111 Å². The Kier molecular flexibility index (Phi) is 6.02. The highest BCUT2D eigenvalue weighted by molar-refractivity contribution is 6.02. The summed E-state index contributed by atoms with van der Waals surface area (Å²) in [6, 6.07) is 9.29. The minimum absolute atomic E-state index is 0.0739. The summed E-state index contributed by atoms with van der Waals surface area (Å²) in [7, 11) is 0. The fourth-order valence-corrected chi connectivity index (χ4v) is 1.33. The quantitative estimate of drug-likeness (QED) is 0.771. The average molecular weight is 260 g/mol. The monoisotopic (exact) mass is 260 g/mol. The van der Waals surface area contributed by atoms with Crippen LogP contribution in [0, 0.1) is 0 Å². The zero-order chi connectivity index (χ0) is 14.1. The SMILES string of the molecule is CC(=O)NCCC(=O)NC(=O)C=Cc1ccccc1. The van der Waals surface area contributed by atoms with E-state index >= 15 is 0 Å². The third-order valence-electron chi connectivity index (χ3n) is 2.22. The molecule has 0 saturated carbocycles. The van der Waals surface area contributed by atoms with Crippen LogP contribution in [-0.2, 0) is 14.4 Å². The largest absolute Gasteiger partial charge is 0.356 e. The number of carbonyl (C=O) groups excluding carboxylic acids is 3. The van der Waals surface area contributed by atoms with E-state index in [4.69, 9.17) is 0 Å². The normalized spacial score (nSPS) is 10.2.